The quantitative estimate of drug-likeness (QED) is 0.562. The van der Waals surface area contributed by atoms with Crippen molar-refractivity contribution in [2.75, 3.05) is 19.3 Å². The van der Waals surface area contributed by atoms with Gasteiger partial charge in [0.05, 0.1) is 0 Å². The lowest BCUT2D eigenvalue weighted by atomic mass is 10.3. The number of nitrogens with two attached hydrogens (primary N) is 1. The second kappa shape index (κ2) is 4.30. The molecule has 0 heterocycles. The summed E-state index contributed by atoms with van der Waals surface area (Å²) < 4.78 is 0.373. The molecule has 76 valence electrons. The third-order valence-corrected chi connectivity index (χ3v) is 3.79. The summed E-state index contributed by atoms with van der Waals surface area (Å²) in [5.74, 6) is -0.943. The molecule has 4 N–H and O–H groups in total. The van der Waals surface area contributed by atoms with Crippen LogP contribution in [0.1, 0.15) is 12.8 Å². The first-order valence-electron chi connectivity index (χ1n) is 4.34. The number of carbonyl (C=O) groups is 1. The maximum atomic E-state index is 10.4. The van der Waals surface area contributed by atoms with Crippen LogP contribution in [0, 0.1) is 0 Å². The van der Waals surface area contributed by atoms with Crippen molar-refractivity contribution < 1.29 is 9.90 Å². The average Bonchev–Trinajstić information content (AvgIpc) is 2.85. The topological polar surface area (TPSA) is 75.3 Å². The highest BCUT2D eigenvalue weighted by Crippen LogP contribution is 2.46. The number of hydrogen-bond donors (Lipinski definition) is 3. The fraction of sp³-hybridized carbons (Fsp3) is 0.875. The molecule has 0 bridgehead atoms. The molecule has 4 nitrogen and oxygen atoms in total. The van der Waals surface area contributed by atoms with E-state index in [2.05, 4.69) is 11.6 Å². The zero-order valence-electron chi connectivity index (χ0n) is 7.75. The monoisotopic (exact) mass is 204 g/mol. The summed E-state index contributed by atoms with van der Waals surface area (Å²) in [6.07, 6.45) is 4.54. The smallest absolute Gasteiger partial charge is 0.321 e. The van der Waals surface area contributed by atoms with Gasteiger partial charge >= 0.3 is 5.97 Å². The minimum atomic E-state index is -0.943. The number of hydrogen-bond acceptors (Lipinski definition) is 4. The maximum Gasteiger partial charge on any atom is 0.321 e. The van der Waals surface area contributed by atoms with Crippen LogP contribution < -0.4 is 11.1 Å². The van der Waals surface area contributed by atoms with Crippen molar-refractivity contribution in [3.8, 4) is 0 Å². The normalized spacial score (nSPS) is 21.1. The van der Waals surface area contributed by atoms with Gasteiger partial charge in [0.2, 0.25) is 0 Å². The van der Waals surface area contributed by atoms with E-state index in [0.29, 0.717) is 11.3 Å². The van der Waals surface area contributed by atoms with Crippen molar-refractivity contribution in [1.82, 2.24) is 5.32 Å². The molecule has 0 aromatic carbocycles. The molecule has 1 fully saturated rings. The van der Waals surface area contributed by atoms with E-state index in [0.717, 1.165) is 6.54 Å². The summed E-state index contributed by atoms with van der Waals surface area (Å²) in [5, 5.41) is 11.6. The predicted octanol–water partition coefficient (Wildman–Crippen LogP) is -0.116. The summed E-state index contributed by atoms with van der Waals surface area (Å²) in [6.45, 7) is 1.23. The highest BCUT2D eigenvalue weighted by Gasteiger charge is 2.41. The fourth-order valence-electron chi connectivity index (χ4n) is 1.14. The van der Waals surface area contributed by atoms with E-state index in [-0.39, 0.29) is 0 Å². The van der Waals surface area contributed by atoms with Crippen molar-refractivity contribution >= 4 is 17.7 Å². The molecule has 0 saturated heterocycles. The third-order valence-electron chi connectivity index (χ3n) is 2.37. The molecular formula is C8H16N2O2S. The number of thioether (sulfide) groups is 1. The predicted molar refractivity (Wildman–Crippen MR) is 54.0 cm³/mol. The maximum absolute atomic E-state index is 10.4. The zero-order valence-corrected chi connectivity index (χ0v) is 8.56. The SMILES string of the molecule is CSC1(CNCC(N)C(=O)O)CC1. The van der Waals surface area contributed by atoms with Gasteiger partial charge in [0.25, 0.3) is 0 Å². The molecule has 1 saturated carbocycles. The Morgan fingerprint density at radius 2 is 2.38 bits per heavy atom. The van der Waals surface area contributed by atoms with E-state index in [1.807, 2.05) is 11.8 Å². The van der Waals surface area contributed by atoms with E-state index >= 15 is 0 Å². The molecule has 1 unspecified atom stereocenters. The number of rotatable bonds is 6. The van der Waals surface area contributed by atoms with Gasteiger partial charge < -0.3 is 16.2 Å². The van der Waals surface area contributed by atoms with Gasteiger partial charge in [-0.15, -0.1) is 0 Å². The summed E-state index contributed by atoms with van der Waals surface area (Å²) in [4.78, 5) is 10.4. The fourth-order valence-corrected chi connectivity index (χ4v) is 1.89. The van der Waals surface area contributed by atoms with Crippen LogP contribution in [0.25, 0.3) is 0 Å². The Morgan fingerprint density at radius 1 is 1.77 bits per heavy atom. The minimum absolute atomic E-state index is 0.359. The van der Waals surface area contributed by atoms with E-state index in [1.54, 1.807) is 0 Å². The van der Waals surface area contributed by atoms with Gasteiger partial charge in [0.15, 0.2) is 0 Å². The number of carboxylic acids is 1. The summed E-state index contributed by atoms with van der Waals surface area (Å²) in [5.41, 5.74) is 5.34. The molecule has 1 aliphatic rings. The van der Waals surface area contributed by atoms with E-state index < -0.39 is 12.0 Å². The molecule has 0 amide bonds. The molecule has 1 aliphatic carbocycles. The van der Waals surface area contributed by atoms with Crippen LogP contribution in [-0.4, -0.2) is 41.2 Å². The number of nitrogens with one attached hydrogen (secondary N) is 1. The molecule has 5 heteroatoms. The Balaban J connectivity index is 2.10. The second-order valence-corrected chi connectivity index (χ2v) is 4.74. The number of carboxylic acid groups (broad SMARTS) is 1. The molecule has 0 spiro atoms. The van der Waals surface area contributed by atoms with Crippen LogP contribution in [-0.2, 0) is 4.79 Å². The summed E-state index contributed by atoms with van der Waals surface area (Å²) in [7, 11) is 0. The first-order chi connectivity index (χ1) is 6.09. The lowest BCUT2D eigenvalue weighted by Crippen LogP contribution is -2.42. The van der Waals surface area contributed by atoms with Gasteiger partial charge in [0.1, 0.15) is 6.04 Å². The standard InChI is InChI=1S/C8H16N2O2S/c1-13-8(2-3-8)5-10-4-6(9)7(11)12/h6,10H,2-5,9H2,1H3,(H,11,12). The first-order valence-corrected chi connectivity index (χ1v) is 5.56. The lowest BCUT2D eigenvalue weighted by molar-refractivity contribution is -0.138. The minimum Gasteiger partial charge on any atom is -0.480 e. The van der Waals surface area contributed by atoms with Crippen LogP contribution in [0.15, 0.2) is 0 Å². The van der Waals surface area contributed by atoms with Crippen LogP contribution >= 0.6 is 11.8 Å². The van der Waals surface area contributed by atoms with E-state index in [9.17, 15) is 4.79 Å². The highest BCUT2D eigenvalue weighted by atomic mass is 32.2. The highest BCUT2D eigenvalue weighted by molar-refractivity contribution is 8.00. The molecular weight excluding hydrogens is 188 g/mol. The average molecular weight is 204 g/mol. The van der Waals surface area contributed by atoms with E-state index in [1.165, 1.54) is 12.8 Å². The molecule has 0 aromatic rings. The van der Waals surface area contributed by atoms with E-state index in [4.69, 9.17) is 10.8 Å². The molecule has 0 aromatic heterocycles. The molecule has 13 heavy (non-hydrogen) atoms. The van der Waals surface area contributed by atoms with Crippen molar-refractivity contribution in [3.05, 3.63) is 0 Å². The van der Waals surface area contributed by atoms with Crippen LogP contribution in [0.2, 0.25) is 0 Å². The Labute approximate surface area is 82.3 Å². The van der Waals surface area contributed by atoms with Crippen molar-refractivity contribution in [2.24, 2.45) is 5.73 Å². The number of aliphatic carboxylic acids is 1. The van der Waals surface area contributed by atoms with Gasteiger partial charge in [0, 0.05) is 17.8 Å². The van der Waals surface area contributed by atoms with Crippen molar-refractivity contribution in [1.29, 1.82) is 0 Å². The largest absolute Gasteiger partial charge is 0.480 e. The molecule has 0 radical (unpaired) electrons. The van der Waals surface area contributed by atoms with Crippen LogP contribution in [0.3, 0.4) is 0 Å². The summed E-state index contributed by atoms with van der Waals surface area (Å²) in [6, 6.07) is -0.780. The van der Waals surface area contributed by atoms with Gasteiger partial charge in [-0.05, 0) is 19.1 Å². The van der Waals surface area contributed by atoms with Crippen molar-refractivity contribution in [3.63, 3.8) is 0 Å². The Hall–Kier alpha value is -0.260. The van der Waals surface area contributed by atoms with Crippen molar-refractivity contribution in [2.45, 2.75) is 23.6 Å². The van der Waals surface area contributed by atoms with Gasteiger partial charge in [-0.3, -0.25) is 4.79 Å². The molecule has 1 rings (SSSR count). The molecule has 1 atom stereocenters. The molecule has 0 aliphatic heterocycles. The third kappa shape index (κ3) is 3.17. The summed E-state index contributed by atoms with van der Waals surface area (Å²) >= 11 is 1.85. The van der Waals surface area contributed by atoms with Crippen LogP contribution in [0.4, 0.5) is 0 Å². The Morgan fingerprint density at radius 3 is 2.77 bits per heavy atom. The van der Waals surface area contributed by atoms with Gasteiger partial charge in [-0.1, -0.05) is 0 Å². The van der Waals surface area contributed by atoms with Gasteiger partial charge in [-0.25, -0.2) is 0 Å². The van der Waals surface area contributed by atoms with Crippen LogP contribution in [0.5, 0.6) is 0 Å². The Bertz CT molecular complexity index is 195. The van der Waals surface area contributed by atoms with Gasteiger partial charge in [-0.2, -0.15) is 11.8 Å². The second-order valence-electron chi connectivity index (χ2n) is 3.46. The zero-order chi connectivity index (χ0) is 9.90. The lowest BCUT2D eigenvalue weighted by Gasteiger charge is -2.14. The first kappa shape index (κ1) is 10.8. The Kier molecular flexibility index (Phi) is 3.58.